The summed E-state index contributed by atoms with van der Waals surface area (Å²) >= 11 is 6.78. The van der Waals surface area contributed by atoms with Crippen LogP contribution in [0.4, 0.5) is 0 Å². The summed E-state index contributed by atoms with van der Waals surface area (Å²) in [5, 5.41) is 0. The third kappa shape index (κ3) is 4.68. The van der Waals surface area contributed by atoms with Crippen molar-refractivity contribution in [2.75, 3.05) is 0 Å². The van der Waals surface area contributed by atoms with Crippen LogP contribution in [0.5, 0.6) is 0 Å². The molecule has 0 aromatic heterocycles. The fourth-order valence-electron chi connectivity index (χ4n) is 2.24. The van der Waals surface area contributed by atoms with Gasteiger partial charge in [0.25, 0.3) is 5.91 Å². The van der Waals surface area contributed by atoms with Gasteiger partial charge in [-0.05, 0) is 18.4 Å². The molecule has 2 rings (SSSR count). The van der Waals surface area contributed by atoms with Crippen LogP contribution in [0.3, 0.4) is 0 Å². The molecule has 1 saturated heterocycles. The van der Waals surface area contributed by atoms with E-state index in [0.717, 1.165) is 23.3 Å². The summed E-state index contributed by atoms with van der Waals surface area (Å²) in [4.78, 5) is 14.9. The van der Waals surface area contributed by atoms with Crippen molar-refractivity contribution in [2.24, 2.45) is 0 Å². The Kier molecular flexibility index (Phi) is 6.46. The van der Waals surface area contributed by atoms with Crippen molar-refractivity contribution in [1.29, 1.82) is 0 Å². The van der Waals surface area contributed by atoms with E-state index in [4.69, 9.17) is 12.2 Å². The van der Waals surface area contributed by atoms with Crippen LogP contribution in [-0.4, -0.2) is 15.1 Å². The zero-order chi connectivity index (χ0) is 15.1. The van der Waals surface area contributed by atoms with Crippen LogP contribution >= 0.6 is 24.0 Å². The predicted octanol–water partition coefficient (Wildman–Crippen LogP) is 4.90. The molecule has 0 radical (unpaired) electrons. The number of unbranched alkanes of at least 4 members (excludes halogenated alkanes) is 4. The molecule has 0 aliphatic carbocycles. The molecule has 1 amide bonds. The molecule has 0 bridgehead atoms. The van der Waals surface area contributed by atoms with Crippen LogP contribution in [-0.2, 0) is 11.3 Å². The number of hydrogen-bond donors (Lipinski definition) is 0. The summed E-state index contributed by atoms with van der Waals surface area (Å²) < 4.78 is 0.670. The number of carbonyl (C=O) groups is 1. The SMILES string of the molecule is CCCCCC/C=C1\SC(=S)N(Cc2ccccc2)C1=O. The maximum Gasteiger partial charge on any atom is 0.266 e. The minimum absolute atomic E-state index is 0.0596. The van der Waals surface area contributed by atoms with Crippen molar-refractivity contribution in [2.45, 2.75) is 45.6 Å². The standard InChI is InChI=1S/C17H21NOS2/c1-2-3-4-5-9-12-15-16(19)18(17(20)21-15)13-14-10-7-6-8-11-14/h6-8,10-12H,2-5,9,13H2,1H3/b15-12-. The number of thioether (sulfide) groups is 1. The summed E-state index contributed by atoms with van der Waals surface area (Å²) in [6.07, 6.45) is 7.91. The number of allylic oxidation sites excluding steroid dienone is 1. The lowest BCUT2D eigenvalue weighted by molar-refractivity contribution is -0.122. The van der Waals surface area contributed by atoms with Gasteiger partial charge in [-0.1, -0.05) is 86.6 Å². The van der Waals surface area contributed by atoms with Gasteiger partial charge in [0.15, 0.2) is 0 Å². The Morgan fingerprint density at radius 3 is 2.67 bits per heavy atom. The summed E-state index contributed by atoms with van der Waals surface area (Å²) in [6, 6.07) is 9.98. The third-order valence-corrected chi connectivity index (χ3v) is 4.87. The number of amides is 1. The van der Waals surface area contributed by atoms with E-state index in [1.807, 2.05) is 30.3 Å². The van der Waals surface area contributed by atoms with Gasteiger partial charge in [-0.2, -0.15) is 0 Å². The smallest absolute Gasteiger partial charge is 0.266 e. The van der Waals surface area contributed by atoms with Crippen molar-refractivity contribution in [1.82, 2.24) is 4.90 Å². The molecule has 21 heavy (non-hydrogen) atoms. The first-order chi connectivity index (χ1) is 10.2. The molecule has 0 unspecified atom stereocenters. The van der Waals surface area contributed by atoms with Crippen LogP contribution < -0.4 is 0 Å². The molecule has 0 N–H and O–H groups in total. The Morgan fingerprint density at radius 1 is 1.19 bits per heavy atom. The zero-order valence-corrected chi connectivity index (χ0v) is 14.0. The zero-order valence-electron chi connectivity index (χ0n) is 12.4. The first-order valence-corrected chi connectivity index (χ1v) is 8.72. The maximum atomic E-state index is 12.4. The molecule has 1 fully saturated rings. The Hall–Kier alpha value is -1.13. The predicted molar refractivity (Wildman–Crippen MR) is 94.0 cm³/mol. The number of hydrogen-bond acceptors (Lipinski definition) is 3. The first-order valence-electron chi connectivity index (χ1n) is 7.50. The molecule has 2 nitrogen and oxygen atoms in total. The molecule has 1 aromatic carbocycles. The molecule has 1 aliphatic heterocycles. The summed E-state index contributed by atoms with van der Waals surface area (Å²) in [6.45, 7) is 2.77. The number of benzene rings is 1. The molecule has 1 heterocycles. The molecule has 4 heteroatoms. The molecule has 0 spiro atoms. The second-order valence-electron chi connectivity index (χ2n) is 5.16. The van der Waals surface area contributed by atoms with Gasteiger partial charge in [0.1, 0.15) is 4.32 Å². The lowest BCUT2D eigenvalue weighted by Crippen LogP contribution is -2.27. The van der Waals surface area contributed by atoms with E-state index in [2.05, 4.69) is 13.0 Å². The fraction of sp³-hybridized carbons (Fsp3) is 0.412. The van der Waals surface area contributed by atoms with E-state index in [-0.39, 0.29) is 5.91 Å². The number of nitrogens with zero attached hydrogens (tertiary/aromatic N) is 1. The highest BCUT2D eigenvalue weighted by molar-refractivity contribution is 8.26. The van der Waals surface area contributed by atoms with E-state index in [0.29, 0.717) is 10.9 Å². The summed E-state index contributed by atoms with van der Waals surface area (Å²) in [7, 11) is 0. The van der Waals surface area contributed by atoms with Crippen LogP contribution in [0.2, 0.25) is 0 Å². The number of rotatable bonds is 7. The lowest BCUT2D eigenvalue weighted by atomic mass is 10.1. The highest BCUT2D eigenvalue weighted by Gasteiger charge is 2.31. The summed E-state index contributed by atoms with van der Waals surface area (Å²) in [5.74, 6) is 0.0596. The van der Waals surface area contributed by atoms with Crippen LogP contribution in [0.1, 0.15) is 44.6 Å². The van der Waals surface area contributed by atoms with Gasteiger partial charge in [-0.15, -0.1) is 0 Å². The van der Waals surface area contributed by atoms with E-state index in [1.54, 1.807) is 4.90 Å². The van der Waals surface area contributed by atoms with E-state index in [1.165, 1.54) is 31.0 Å². The first kappa shape index (κ1) is 16.2. The van der Waals surface area contributed by atoms with Gasteiger partial charge in [0.05, 0.1) is 11.4 Å². The number of thiocarbonyl (C=S) groups is 1. The van der Waals surface area contributed by atoms with Gasteiger partial charge < -0.3 is 0 Å². The van der Waals surface area contributed by atoms with E-state index < -0.39 is 0 Å². The average Bonchev–Trinajstić information content (AvgIpc) is 2.76. The van der Waals surface area contributed by atoms with Gasteiger partial charge in [-0.25, -0.2) is 0 Å². The van der Waals surface area contributed by atoms with Crippen molar-refractivity contribution in [3.63, 3.8) is 0 Å². The second kappa shape index (κ2) is 8.35. The minimum Gasteiger partial charge on any atom is -0.288 e. The van der Waals surface area contributed by atoms with Gasteiger partial charge in [0.2, 0.25) is 0 Å². The van der Waals surface area contributed by atoms with Crippen molar-refractivity contribution in [3.8, 4) is 0 Å². The lowest BCUT2D eigenvalue weighted by Gasteiger charge is -2.14. The molecule has 112 valence electrons. The monoisotopic (exact) mass is 319 g/mol. The van der Waals surface area contributed by atoms with Crippen molar-refractivity contribution >= 4 is 34.2 Å². The molecular formula is C17H21NOS2. The molecule has 1 aromatic rings. The number of carbonyl (C=O) groups excluding carboxylic acids is 1. The third-order valence-electron chi connectivity index (χ3n) is 3.44. The van der Waals surface area contributed by atoms with Crippen LogP contribution in [0, 0.1) is 0 Å². The van der Waals surface area contributed by atoms with Gasteiger partial charge in [0, 0.05) is 0 Å². The quantitative estimate of drug-likeness (QED) is 0.405. The Labute approximate surface area is 136 Å². The Morgan fingerprint density at radius 2 is 1.95 bits per heavy atom. The van der Waals surface area contributed by atoms with Crippen LogP contribution in [0.15, 0.2) is 41.3 Å². The largest absolute Gasteiger partial charge is 0.288 e. The fourth-order valence-corrected chi connectivity index (χ4v) is 3.51. The highest BCUT2D eigenvalue weighted by Crippen LogP contribution is 2.32. The highest BCUT2D eigenvalue weighted by atomic mass is 32.2. The van der Waals surface area contributed by atoms with Crippen LogP contribution in [0.25, 0.3) is 0 Å². The molecular weight excluding hydrogens is 298 g/mol. The van der Waals surface area contributed by atoms with Gasteiger partial charge in [-0.3, -0.25) is 9.69 Å². The Bertz CT molecular complexity index is 525. The minimum atomic E-state index is 0.0596. The normalized spacial score (nSPS) is 17.0. The van der Waals surface area contributed by atoms with E-state index in [9.17, 15) is 4.79 Å². The average molecular weight is 319 g/mol. The Balaban J connectivity index is 1.92. The van der Waals surface area contributed by atoms with Crippen molar-refractivity contribution in [3.05, 3.63) is 46.9 Å². The van der Waals surface area contributed by atoms with Gasteiger partial charge >= 0.3 is 0 Å². The molecule has 1 aliphatic rings. The van der Waals surface area contributed by atoms with E-state index >= 15 is 0 Å². The topological polar surface area (TPSA) is 20.3 Å². The summed E-state index contributed by atoms with van der Waals surface area (Å²) in [5.41, 5.74) is 1.11. The molecule has 0 saturated carbocycles. The van der Waals surface area contributed by atoms with Crippen molar-refractivity contribution < 1.29 is 4.79 Å². The second-order valence-corrected chi connectivity index (χ2v) is 6.84. The molecule has 0 atom stereocenters. The maximum absolute atomic E-state index is 12.4.